The number of thiophene rings is 1. The van der Waals surface area contributed by atoms with E-state index >= 15 is 0 Å². The van der Waals surface area contributed by atoms with E-state index in [4.69, 9.17) is 11.6 Å². The van der Waals surface area contributed by atoms with Gasteiger partial charge in [0, 0.05) is 18.0 Å². The number of hydrogen-bond acceptors (Lipinski definition) is 5. The highest BCUT2D eigenvalue weighted by molar-refractivity contribution is 7.98. The molecule has 1 saturated heterocycles. The quantitative estimate of drug-likeness (QED) is 0.723. The van der Waals surface area contributed by atoms with Gasteiger partial charge >= 0.3 is 0 Å². The molecule has 26 heavy (non-hydrogen) atoms. The van der Waals surface area contributed by atoms with Crippen molar-refractivity contribution in [3.63, 3.8) is 0 Å². The molecule has 0 aliphatic carbocycles. The summed E-state index contributed by atoms with van der Waals surface area (Å²) in [5.41, 5.74) is 0.759. The highest BCUT2D eigenvalue weighted by Crippen LogP contribution is 2.31. The van der Waals surface area contributed by atoms with E-state index in [2.05, 4.69) is 5.32 Å². The third kappa shape index (κ3) is 4.26. The molecule has 1 atom stereocenters. The first-order valence-corrected chi connectivity index (χ1v) is 12.0. The summed E-state index contributed by atoms with van der Waals surface area (Å²) in [6.07, 6.45) is 3.27. The van der Waals surface area contributed by atoms with Crippen molar-refractivity contribution < 1.29 is 13.2 Å². The van der Waals surface area contributed by atoms with Gasteiger partial charge in [-0.15, -0.1) is 23.1 Å². The lowest BCUT2D eigenvalue weighted by Gasteiger charge is -2.30. The van der Waals surface area contributed by atoms with Gasteiger partial charge in [-0.1, -0.05) is 23.7 Å². The number of thioether (sulfide) groups is 1. The van der Waals surface area contributed by atoms with Crippen molar-refractivity contribution in [2.24, 2.45) is 5.92 Å². The Balaban J connectivity index is 1.73. The monoisotopic (exact) mass is 430 g/mol. The summed E-state index contributed by atoms with van der Waals surface area (Å²) >= 11 is 8.47. The summed E-state index contributed by atoms with van der Waals surface area (Å²) in [6, 6.07) is 10.7. The number of amides is 1. The fourth-order valence-electron chi connectivity index (χ4n) is 2.92. The third-order valence-corrected chi connectivity index (χ3v) is 8.62. The molecule has 1 aliphatic heterocycles. The molecule has 3 rings (SSSR count). The highest BCUT2D eigenvalue weighted by atomic mass is 35.5. The second kappa shape index (κ2) is 8.31. The fourth-order valence-corrected chi connectivity index (χ4v) is 6.64. The molecule has 1 unspecified atom stereocenters. The molecule has 1 aliphatic rings. The van der Waals surface area contributed by atoms with Crippen LogP contribution in [0.1, 0.15) is 12.8 Å². The lowest BCUT2D eigenvalue weighted by molar-refractivity contribution is -0.120. The van der Waals surface area contributed by atoms with Gasteiger partial charge in [-0.25, -0.2) is 8.42 Å². The van der Waals surface area contributed by atoms with E-state index in [0.29, 0.717) is 23.7 Å². The Kier molecular flexibility index (Phi) is 6.29. The number of nitrogens with one attached hydrogen (secondary N) is 1. The number of nitrogens with zero attached hydrogens (tertiary/aromatic N) is 1. The van der Waals surface area contributed by atoms with Crippen molar-refractivity contribution in [2.75, 3.05) is 24.7 Å². The maximum atomic E-state index is 12.8. The molecule has 1 aromatic heterocycles. The minimum atomic E-state index is -3.61. The molecule has 0 spiro atoms. The molecule has 1 N–H and O–H groups in total. The SMILES string of the molecule is CSc1ccccc1NC(=O)C1CCCN(S(=O)(=O)c2ccc(Cl)s2)C1. The van der Waals surface area contributed by atoms with E-state index in [1.165, 1.54) is 10.4 Å². The smallest absolute Gasteiger partial charge is 0.252 e. The zero-order valence-corrected chi connectivity index (χ0v) is 17.3. The molecule has 2 aromatic rings. The predicted octanol–water partition coefficient (Wildman–Crippen LogP) is 4.16. The van der Waals surface area contributed by atoms with Gasteiger partial charge in [0.05, 0.1) is 15.9 Å². The van der Waals surface area contributed by atoms with Gasteiger partial charge in [0.25, 0.3) is 10.0 Å². The molecular weight excluding hydrogens is 412 g/mol. The van der Waals surface area contributed by atoms with E-state index in [9.17, 15) is 13.2 Å². The third-order valence-electron chi connectivity index (χ3n) is 4.26. The average molecular weight is 431 g/mol. The van der Waals surface area contributed by atoms with Gasteiger partial charge in [0.15, 0.2) is 0 Å². The molecule has 1 amide bonds. The Hall–Kier alpha value is -1.06. The van der Waals surface area contributed by atoms with E-state index in [0.717, 1.165) is 21.9 Å². The number of rotatable bonds is 5. The molecule has 5 nitrogen and oxygen atoms in total. The molecule has 2 heterocycles. The Labute approximate surface area is 166 Å². The van der Waals surface area contributed by atoms with Crippen LogP contribution in [-0.2, 0) is 14.8 Å². The number of benzene rings is 1. The fraction of sp³-hybridized carbons (Fsp3) is 0.353. The molecule has 1 fully saturated rings. The molecule has 9 heteroatoms. The number of para-hydroxylation sites is 1. The number of hydrogen-bond donors (Lipinski definition) is 1. The van der Waals surface area contributed by atoms with Crippen molar-refractivity contribution in [1.82, 2.24) is 4.31 Å². The maximum absolute atomic E-state index is 12.8. The molecule has 0 saturated carbocycles. The Morgan fingerprint density at radius 2 is 2.08 bits per heavy atom. The van der Waals surface area contributed by atoms with Crippen molar-refractivity contribution >= 4 is 56.3 Å². The van der Waals surface area contributed by atoms with Gasteiger partial charge in [-0.2, -0.15) is 4.31 Å². The van der Waals surface area contributed by atoms with Crippen LogP contribution in [0.3, 0.4) is 0 Å². The number of anilines is 1. The number of carbonyl (C=O) groups excluding carboxylic acids is 1. The van der Waals surface area contributed by atoms with Crippen molar-refractivity contribution in [3.8, 4) is 0 Å². The van der Waals surface area contributed by atoms with Gasteiger partial charge < -0.3 is 5.32 Å². The highest BCUT2D eigenvalue weighted by Gasteiger charge is 2.34. The van der Waals surface area contributed by atoms with E-state index in [1.54, 1.807) is 17.8 Å². The number of sulfonamides is 1. The molecule has 0 radical (unpaired) electrons. The van der Waals surface area contributed by atoms with Gasteiger partial charge in [-0.05, 0) is 43.4 Å². The van der Waals surface area contributed by atoms with E-state index < -0.39 is 10.0 Å². The second-order valence-electron chi connectivity index (χ2n) is 5.95. The summed E-state index contributed by atoms with van der Waals surface area (Å²) in [6.45, 7) is 0.605. The second-order valence-corrected chi connectivity index (χ2v) is 10.7. The largest absolute Gasteiger partial charge is 0.325 e. The van der Waals surface area contributed by atoms with Crippen molar-refractivity contribution in [1.29, 1.82) is 0 Å². The topological polar surface area (TPSA) is 66.5 Å². The normalized spacial score (nSPS) is 18.6. The van der Waals surface area contributed by atoms with Crippen LogP contribution in [-0.4, -0.2) is 38.0 Å². The molecular formula is C17H19ClN2O3S3. The molecule has 140 valence electrons. The lowest BCUT2D eigenvalue weighted by atomic mass is 9.99. The minimum Gasteiger partial charge on any atom is -0.325 e. The maximum Gasteiger partial charge on any atom is 0.252 e. The summed E-state index contributed by atoms with van der Waals surface area (Å²) in [5, 5.41) is 2.95. The van der Waals surface area contributed by atoms with Crippen LogP contribution < -0.4 is 5.32 Å². The summed E-state index contributed by atoms with van der Waals surface area (Å²) in [4.78, 5) is 13.7. The number of piperidine rings is 1. The van der Waals surface area contributed by atoms with Crippen LogP contribution in [0.4, 0.5) is 5.69 Å². The first kappa shape index (κ1) is 19.7. The first-order valence-electron chi connectivity index (χ1n) is 8.11. The van der Waals surface area contributed by atoms with E-state index in [-0.39, 0.29) is 22.6 Å². The van der Waals surface area contributed by atoms with Crippen LogP contribution in [0.5, 0.6) is 0 Å². The zero-order chi connectivity index (χ0) is 18.7. The standard InChI is InChI=1S/C17H19ClN2O3S3/c1-24-14-7-3-2-6-13(14)19-17(21)12-5-4-10-20(11-12)26(22,23)16-9-8-15(18)25-16/h2-3,6-9,12H,4-5,10-11H2,1H3,(H,19,21). The van der Waals surface area contributed by atoms with Crippen LogP contribution in [0.25, 0.3) is 0 Å². The van der Waals surface area contributed by atoms with Crippen molar-refractivity contribution in [3.05, 3.63) is 40.7 Å². The summed E-state index contributed by atoms with van der Waals surface area (Å²) in [5.74, 6) is -0.514. The first-order chi connectivity index (χ1) is 12.4. The predicted molar refractivity (Wildman–Crippen MR) is 108 cm³/mol. The zero-order valence-electron chi connectivity index (χ0n) is 14.1. The number of halogens is 1. The summed E-state index contributed by atoms with van der Waals surface area (Å²) in [7, 11) is -3.61. The van der Waals surface area contributed by atoms with Crippen LogP contribution in [0.15, 0.2) is 45.5 Å². The Morgan fingerprint density at radius 3 is 2.77 bits per heavy atom. The Morgan fingerprint density at radius 1 is 1.31 bits per heavy atom. The lowest BCUT2D eigenvalue weighted by Crippen LogP contribution is -2.43. The minimum absolute atomic E-state index is 0.143. The molecule has 1 aromatic carbocycles. The van der Waals surface area contributed by atoms with Gasteiger partial charge in [0.2, 0.25) is 5.91 Å². The van der Waals surface area contributed by atoms with E-state index in [1.807, 2.05) is 30.5 Å². The number of carbonyl (C=O) groups is 1. The van der Waals surface area contributed by atoms with Crippen LogP contribution >= 0.6 is 34.7 Å². The van der Waals surface area contributed by atoms with Crippen LogP contribution in [0.2, 0.25) is 4.34 Å². The summed E-state index contributed by atoms with van der Waals surface area (Å²) < 4.78 is 27.6. The molecule has 0 bridgehead atoms. The van der Waals surface area contributed by atoms with Gasteiger partial charge in [-0.3, -0.25) is 4.79 Å². The average Bonchev–Trinajstić information content (AvgIpc) is 3.09. The van der Waals surface area contributed by atoms with Gasteiger partial charge in [0.1, 0.15) is 4.21 Å². The van der Waals surface area contributed by atoms with Crippen LogP contribution in [0, 0.1) is 5.92 Å². The Bertz CT molecular complexity index is 898. The van der Waals surface area contributed by atoms with Crippen molar-refractivity contribution in [2.45, 2.75) is 21.9 Å².